The summed E-state index contributed by atoms with van der Waals surface area (Å²) in [6.45, 7) is 1.79. The number of aromatic nitrogens is 1. The van der Waals surface area contributed by atoms with Gasteiger partial charge in [-0.3, -0.25) is 4.79 Å². The minimum Gasteiger partial charge on any atom is -0.478 e. The van der Waals surface area contributed by atoms with Crippen LogP contribution in [0.15, 0.2) is 29.0 Å². The van der Waals surface area contributed by atoms with Crippen LogP contribution in [0, 0.1) is 6.92 Å². The smallest absolute Gasteiger partial charge is 0.338 e. The minimum atomic E-state index is -1.06. The van der Waals surface area contributed by atoms with Gasteiger partial charge in [-0.25, -0.2) is 9.78 Å². The van der Waals surface area contributed by atoms with Crippen molar-refractivity contribution in [3.63, 3.8) is 0 Å². The van der Waals surface area contributed by atoms with Crippen molar-refractivity contribution in [2.45, 2.75) is 6.92 Å². The number of aromatic carboxylic acids is 1. The minimum absolute atomic E-state index is 0.101. The third-order valence-corrected chi connectivity index (χ3v) is 3.70. The molecule has 0 spiro atoms. The predicted octanol–water partition coefficient (Wildman–Crippen LogP) is 3.16. The molecule has 0 bridgehead atoms. The van der Waals surface area contributed by atoms with Crippen molar-refractivity contribution >= 4 is 44.1 Å². The number of carbonyl (C=O) groups excluding carboxylic acids is 1. The zero-order valence-corrected chi connectivity index (χ0v) is 12.2. The van der Waals surface area contributed by atoms with E-state index in [0.29, 0.717) is 15.2 Å². The normalized spacial score (nSPS) is 10.2. The molecule has 5 nitrogen and oxygen atoms in total. The molecular formula is C12H9BrN2O3S. The molecule has 0 aliphatic rings. The fourth-order valence-corrected chi connectivity index (χ4v) is 2.75. The highest BCUT2D eigenvalue weighted by atomic mass is 79.9. The van der Waals surface area contributed by atoms with E-state index in [1.54, 1.807) is 19.1 Å². The van der Waals surface area contributed by atoms with Crippen molar-refractivity contribution in [1.29, 1.82) is 0 Å². The van der Waals surface area contributed by atoms with Gasteiger partial charge in [-0.2, -0.15) is 0 Å². The summed E-state index contributed by atoms with van der Waals surface area (Å²) in [6.07, 6.45) is 1.50. The first-order valence-electron chi connectivity index (χ1n) is 5.24. The Labute approximate surface area is 121 Å². The summed E-state index contributed by atoms with van der Waals surface area (Å²) in [5, 5.41) is 12.0. The van der Waals surface area contributed by atoms with Crippen LogP contribution in [0.3, 0.4) is 0 Å². The Hall–Kier alpha value is -1.73. The molecule has 0 saturated heterocycles. The zero-order chi connectivity index (χ0) is 14.0. The number of nitrogens with zero attached hydrogens (tertiary/aromatic N) is 1. The number of amides is 1. The summed E-state index contributed by atoms with van der Waals surface area (Å²) in [6, 6.07) is 4.66. The van der Waals surface area contributed by atoms with Gasteiger partial charge in [-0.15, -0.1) is 11.3 Å². The maximum atomic E-state index is 12.0. The van der Waals surface area contributed by atoms with E-state index in [1.165, 1.54) is 23.6 Å². The predicted molar refractivity (Wildman–Crippen MR) is 75.9 cm³/mol. The fraction of sp³-hybridized carbons (Fsp3) is 0.0833. The molecule has 19 heavy (non-hydrogen) atoms. The summed E-state index contributed by atoms with van der Waals surface area (Å²) in [5.41, 5.74) is 0.508. The average Bonchev–Trinajstić information content (AvgIpc) is 2.70. The van der Waals surface area contributed by atoms with Gasteiger partial charge in [0.05, 0.1) is 5.56 Å². The zero-order valence-electron chi connectivity index (χ0n) is 9.81. The molecule has 7 heteroatoms. The van der Waals surface area contributed by atoms with E-state index in [1.807, 2.05) is 0 Å². The molecule has 1 amide bonds. The number of rotatable bonds is 3. The lowest BCUT2D eigenvalue weighted by Crippen LogP contribution is -2.13. The van der Waals surface area contributed by atoms with E-state index in [4.69, 9.17) is 5.11 Å². The molecular weight excluding hydrogens is 332 g/mol. The van der Waals surface area contributed by atoms with Crippen molar-refractivity contribution in [2.24, 2.45) is 0 Å². The molecule has 0 aliphatic carbocycles. The van der Waals surface area contributed by atoms with Crippen LogP contribution >= 0.6 is 27.3 Å². The molecule has 2 aromatic heterocycles. The van der Waals surface area contributed by atoms with E-state index >= 15 is 0 Å². The van der Waals surface area contributed by atoms with Crippen molar-refractivity contribution in [3.05, 3.63) is 45.0 Å². The summed E-state index contributed by atoms with van der Waals surface area (Å²) in [5.74, 6) is -1.43. The van der Waals surface area contributed by atoms with Crippen molar-refractivity contribution in [1.82, 2.24) is 4.98 Å². The number of anilines is 1. The van der Waals surface area contributed by atoms with Crippen LogP contribution in [0.25, 0.3) is 0 Å². The second-order valence-electron chi connectivity index (χ2n) is 3.73. The lowest BCUT2D eigenvalue weighted by atomic mass is 10.2. The molecule has 2 rings (SSSR count). The Balaban J connectivity index is 2.26. The molecule has 0 radical (unpaired) electrons. The number of halogens is 1. The number of hydrogen-bond donors (Lipinski definition) is 2. The van der Waals surface area contributed by atoms with Gasteiger partial charge < -0.3 is 10.4 Å². The Morgan fingerprint density at radius 3 is 2.79 bits per heavy atom. The highest BCUT2D eigenvalue weighted by molar-refractivity contribution is 9.10. The van der Waals surface area contributed by atoms with E-state index in [0.717, 1.165) is 4.88 Å². The van der Waals surface area contributed by atoms with E-state index < -0.39 is 5.97 Å². The summed E-state index contributed by atoms with van der Waals surface area (Å²) in [7, 11) is 0. The Bertz CT molecular complexity index is 654. The number of aryl methyl sites for hydroxylation is 1. The number of carboxylic acid groups (broad SMARTS) is 1. The monoisotopic (exact) mass is 340 g/mol. The quantitative estimate of drug-likeness (QED) is 0.841. The van der Waals surface area contributed by atoms with Crippen LogP contribution in [-0.2, 0) is 0 Å². The van der Waals surface area contributed by atoms with Gasteiger partial charge in [-0.1, -0.05) is 0 Å². The van der Waals surface area contributed by atoms with Gasteiger partial charge in [0, 0.05) is 16.6 Å². The van der Waals surface area contributed by atoms with Gasteiger partial charge in [0.2, 0.25) is 0 Å². The highest BCUT2D eigenvalue weighted by Crippen LogP contribution is 2.28. The molecule has 2 heterocycles. The van der Waals surface area contributed by atoms with E-state index in [-0.39, 0.29) is 11.5 Å². The maximum Gasteiger partial charge on any atom is 0.338 e. The summed E-state index contributed by atoms with van der Waals surface area (Å²) >= 11 is 4.40. The number of hydrogen-bond acceptors (Lipinski definition) is 4. The molecule has 0 aromatic carbocycles. The molecule has 98 valence electrons. The van der Waals surface area contributed by atoms with Crippen LogP contribution in [0.4, 0.5) is 5.00 Å². The van der Waals surface area contributed by atoms with Crippen LogP contribution < -0.4 is 5.32 Å². The number of thiophene rings is 1. The third-order valence-electron chi connectivity index (χ3n) is 2.30. The first-order valence-corrected chi connectivity index (χ1v) is 6.85. The van der Waals surface area contributed by atoms with Crippen LogP contribution in [-0.4, -0.2) is 22.0 Å². The first-order chi connectivity index (χ1) is 8.97. The number of carboxylic acids is 1. The molecule has 0 fully saturated rings. The number of carbonyl (C=O) groups is 2. The standard InChI is InChI=1S/C12H9BrN2O3S/c1-6-4-8(12(17)18)11(19-6)15-10(16)7-2-3-14-9(13)5-7/h2-5H,1H3,(H,15,16)(H,17,18). The highest BCUT2D eigenvalue weighted by Gasteiger charge is 2.16. The largest absolute Gasteiger partial charge is 0.478 e. The maximum absolute atomic E-state index is 12.0. The van der Waals surface area contributed by atoms with E-state index in [2.05, 4.69) is 26.2 Å². The molecule has 0 aliphatic heterocycles. The second-order valence-corrected chi connectivity index (χ2v) is 5.80. The lowest BCUT2D eigenvalue weighted by molar-refractivity contribution is 0.0698. The van der Waals surface area contributed by atoms with Gasteiger partial charge in [-0.05, 0) is 41.1 Å². The molecule has 0 unspecified atom stereocenters. The van der Waals surface area contributed by atoms with Gasteiger partial charge in [0.15, 0.2) is 0 Å². The number of nitrogens with one attached hydrogen (secondary N) is 1. The number of pyridine rings is 1. The third kappa shape index (κ3) is 3.18. The van der Waals surface area contributed by atoms with Crippen LogP contribution in [0.5, 0.6) is 0 Å². The van der Waals surface area contributed by atoms with Gasteiger partial charge in [0.1, 0.15) is 9.60 Å². The topological polar surface area (TPSA) is 79.3 Å². The molecule has 2 N–H and O–H groups in total. The van der Waals surface area contributed by atoms with Crippen molar-refractivity contribution in [3.8, 4) is 0 Å². The Morgan fingerprint density at radius 2 is 2.16 bits per heavy atom. The van der Waals surface area contributed by atoms with Crippen LogP contribution in [0.2, 0.25) is 0 Å². The first kappa shape index (κ1) is 13.7. The van der Waals surface area contributed by atoms with E-state index in [9.17, 15) is 9.59 Å². The van der Waals surface area contributed by atoms with Crippen molar-refractivity contribution < 1.29 is 14.7 Å². The van der Waals surface area contributed by atoms with Gasteiger partial charge in [0.25, 0.3) is 5.91 Å². The average molecular weight is 341 g/mol. The van der Waals surface area contributed by atoms with Gasteiger partial charge >= 0.3 is 5.97 Å². The summed E-state index contributed by atoms with van der Waals surface area (Å²) < 4.78 is 0.543. The molecule has 0 atom stereocenters. The van der Waals surface area contributed by atoms with Crippen molar-refractivity contribution in [2.75, 3.05) is 5.32 Å². The molecule has 2 aromatic rings. The fourth-order valence-electron chi connectivity index (χ4n) is 1.48. The Morgan fingerprint density at radius 1 is 1.42 bits per heavy atom. The molecule has 0 saturated carbocycles. The lowest BCUT2D eigenvalue weighted by Gasteiger charge is -2.04. The summed E-state index contributed by atoms with van der Waals surface area (Å²) in [4.78, 5) is 27.8. The SMILES string of the molecule is Cc1cc(C(=O)O)c(NC(=O)c2ccnc(Br)c2)s1. The second kappa shape index (κ2) is 5.50. The Kier molecular flexibility index (Phi) is 3.96. The van der Waals surface area contributed by atoms with Crippen LogP contribution in [0.1, 0.15) is 25.6 Å².